The predicted molar refractivity (Wildman–Crippen MR) is 87.8 cm³/mol. The van der Waals surface area contributed by atoms with Gasteiger partial charge in [0.2, 0.25) is 0 Å². The first-order valence-electron chi connectivity index (χ1n) is 6.65. The molecule has 0 nitrogen and oxygen atoms in total. The first-order valence-corrected chi connectivity index (χ1v) is 7.46. The minimum absolute atomic E-state index is 0.0936. The molecule has 0 saturated carbocycles. The molecule has 106 valence electrons. The number of alkyl halides is 1. The molecule has 3 aromatic carbocycles. The summed E-state index contributed by atoms with van der Waals surface area (Å²) < 4.78 is 13.3. The van der Waals surface area contributed by atoms with E-state index in [0.717, 1.165) is 27.5 Å². The van der Waals surface area contributed by atoms with Crippen molar-refractivity contribution in [1.29, 1.82) is 0 Å². The van der Waals surface area contributed by atoms with Gasteiger partial charge in [-0.1, -0.05) is 54.1 Å². The van der Waals surface area contributed by atoms with Gasteiger partial charge in [0.25, 0.3) is 0 Å². The maximum absolute atomic E-state index is 13.3. The van der Waals surface area contributed by atoms with Gasteiger partial charge in [0.1, 0.15) is 5.82 Å². The third-order valence-corrected chi connectivity index (χ3v) is 4.44. The molecule has 21 heavy (non-hydrogen) atoms. The van der Waals surface area contributed by atoms with Crippen molar-refractivity contribution in [1.82, 2.24) is 0 Å². The molecule has 0 fully saturated rings. The van der Waals surface area contributed by atoms with Gasteiger partial charge in [-0.2, -0.15) is 0 Å². The van der Waals surface area contributed by atoms with Crippen molar-refractivity contribution >= 4 is 34.0 Å². The Morgan fingerprint density at radius 2 is 1.76 bits per heavy atom. The van der Waals surface area contributed by atoms with E-state index in [9.17, 15) is 4.39 Å². The highest BCUT2D eigenvalue weighted by atomic mass is 35.5. The van der Waals surface area contributed by atoms with E-state index in [0.29, 0.717) is 0 Å². The first kappa shape index (κ1) is 14.4. The van der Waals surface area contributed by atoms with Crippen molar-refractivity contribution in [2.24, 2.45) is 0 Å². The summed E-state index contributed by atoms with van der Waals surface area (Å²) in [4.78, 5) is 0. The maximum Gasteiger partial charge on any atom is 0.141 e. The lowest BCUT2D eigenvalue weighted by Gasteiger charge is -2.17. The van der Waals surface area contributed by atoms with Gasteiger partial charge < -0.3 is 0 Å². The van der Waals surface area contributed by atoms with Crippen LogP contribution in [0.2, 0.25) is 5.02 Å². The van der Waals surface area contributed by atoms with Crippen LogP contribution in [0, 0.1) is 12.7 Å². The Hall–Kier alpha value is -1.57. The van der Waals surface area contributed by atoms with Gasteiger partial charge in [0, 0.05) is 0 Å². The van der Waals surface area contributed by atoms with Crippen LogP contribution in [-0.4, -0.2) is 0 Å². The highest BCUT2D eigenvalue weighted by Gasteiger charge is 2.17. The Bertz CT molecular complexity index is 811. The van der Waals surface area contributed by atoms with Crippen LogP contribution in [0.5, 0.6) is 0 Å². The first-order chi connectivity index (χ1) is 10.1. The largest absolute Gasteiger partial charge is 0.205 e. The van der Waals surface area contributed by atoms with Gasteiger partial charge in [-0.3, -0.25) is 0 Å². The van der Waals surface area contributed by atoms with E-state index >= 15 is 0 Å². The standard InChI is InChI=1S/C18H13Cl2F/c1-11-6-7-12-4-2-3-5-14(12)17(11)18(20)13-8-9-16(21)15(19)10-13/h2-10,18H,1H3. The molecule has 3 heteroatoms. The normalized spacial score (nSPS) is 12.6. The molecule has 3 rings (SSSR count). The molecule has 0 radical (unpaired) electrons. The van der Waals surface area contributed by atoms with E-state index in [-0.39, 0.29) is 10.4 Å². The van der Waals surface area contributed by atoms with Gasteiger partial charge in [-0.15, -0.1) is 11.6 Å². The van der Waals surface area contributed by atoms with Crippen LogP contribution < -0.4 is 0 Å². The topological polar surface area (TPSA) is 0 Å². The molecule has 0 N–H and O–H groups in total. The number of halogens is 3. The number of aryl methyl sites for hydroxylation is 1. The van der Waals surface area contributed by atoms with Crippen molar-refractivity contribution < 1.29 is 4.39 Å². The van der Waals surface area contributed by atoms with E-state index in [1.165, 1.54) is 6.07 Å². The predicted octanol–water partition coefficient (Wildman–Crippen LogP) is 6.27. The summed E-state index contributed by atoms with van der Waals surface area (Å²) in [6.45, 7) is 2.03. The van der Waals surface area contributed by atoms with Crippen molar-refractivity contribution in [3.05, 3.63) is 82.1 Å². The lowest BCUT2D eigenvalue weighted by molar-refractivity contribution is 0.627. The number of hydrogen-bond acceptors (Lipinski definition) is 0. The second kappa shape index (κ2) is 5.67. The van der Waals surface area contributed by atoms with Crippen LogP contribution >= 0.6 is 23.2 Å². The van der Waals surface area contributed by atoms with Crippen LogP contribution in [0.3, 0.4) is 0 Å². The molecule has 0 spiro atoms. The fourth-order valence-corrected chi connectivity index (χ4v) is 3.19. The Morgan fingerprint density at radius 1 is 1.00 bits per heavy atom. The summed E-state index contributed by atoms with van der Waals surface area (Å²) in [5.74, 6) is -0.432. The SMILES string of the molecule is Cc1ccc2ccccc2c1C(Cl)c1ccc(F)c(Cl)c1. The fraction of sp³-hybridized carbons (Fsp3) is 0.111. The lowest BCUT2D eigenvalue weighted by Crippen LogP contribution is -1.98. The van der Waals surface area contributed by atoms with E-state index in [1.807, 2.05) is 19.1 Å². The van der Waals surface area contributed by atoms with Gasteiger partial charge in [-0.25, -0.2) is 4.39 Å². The maximum atomic E-state index is 13.3. The minimum atomic E-state index is -0.432. The van der Waals surface area contributed by atoms with Crippen molar-refractivity contribution in [2.75, 3.05) is 0 Å². The third-order valence-electron chi connectivity index (χ3n) is 3.68. The zero-order chi connectivity index (χ0) is 15.0. The molecule has 1 atom stereocenters. The summed E-state index contributed by atoms with van der Waals surface area (Å²) in [6, 6.07) is 16.9. The van der Waals surface area contributed by atoms with Crippen LogP contribution in [-0.2, 0) is 0 Å². The van der Waals surface area contributed by atoms with Crippen molar-refractivity contribution in [2.45, 2.75) is 12.3 Å². The number of hydrogen-bond donors (Lipinski definition) is 0. The molecule has 0 amide bonds. The van der Waals surface area contributed by atoms with Crippen LogP contribution in [0.1, 0.15) is 22.1 Å². The minimum Gasteiger partial charge on any atom is -0.205 e. The second-order valence-electron chi connectivity index (χ2n) is 5.05. The Morgan fingerprint density at radius 3 is 2.52 bits per heavy atom. The molecule has 0 bridgehead atoms. The Kier molecular flexibility index (Phi) is 3.88. The molecule has 0 aliphatic heterocycles. The summed E-state index contributed by atoms with van der Waals surface area (Å²) in [5, 5.41) is 1.97. The molecule has 0 aliphatic carbocycles. The van der Waals surface area contributed by atoms with E-state index < -0.39 is 5.82 Å². The molecule has 0 saturated heterocycles. The smallest absolute Gasteiger partial charge is 0.141 e. The zero-order valence-electron chi connectivity index (χ0n) is 11.4. The van der Waals surface area contributed by atoms with Gasteiger partial charge in [-0.05, 0) is 46.5 Å². The third kappa shape index (κ3) is 2.64. The van der Waals surface area contributed by atoms with Gasteiger partial charge >= 0.3 is 0 Å². The van der Waals surface area contributed by atoms with E-state index in [2.05, 4.69) is 24.3 Å². The molecule has 0 heterocycles. The molecular weight excluding hydrogens is 306 g/mol. The van der Waals surface area contributed by atoms with Crippen LogP contribution in [0.25, 0.3) is 10.8 Å². The fourth-order valence-electron chi connectivity index (χ4n) is 2.58. The van der Waals surface area contributed by atoms with Gasteiger partial charge in [0.15, 0.2) is 0 Å². The summed E-state index contributed by atoms with van der Waals surface area (Å²) in [7, 11) is 0. The molecule has 1 unspecified atom stereocenters. The highest BCUT2D eigenvalue weighted by Crippen LogP contribution is 2.37. The average molecular weight is 319 g/mol. The van der Waals surface area contributed by atoms with Gasteiger partial charge in [0.05, 0.1) is 10.4 Å². The number of benzene rings is 3. The molecule has 3 aromatic rings. The Labute approximate surface area is 133 Å². The van der Waals surface area contributed by atoms with Crippen LogP contribution in [0.15, 0.2) is 54.6 Å². The lowest BCUT2D eigenvalue weighted by atomic mass is 9.94. The summed E-state index contributed by atoms with van der Waals surface area (Å²) in [6.07, 6.45) is 0. The number of rotatable bonds is 2. The van der Waals surface area contributed by atoms with Crippen molar-refractivity contribution in [3.63, 3.8) is 0 Å². The van der Waals surface area contributed by atoms with E-state index in [1.54, 1.807) is 12.1 Å². The molecular formula is C18H13Cl2F. The van der Waals surface area contributed by atoms with E-state index in [4.69, 9.17) is 23.2 Å². The Balaban J connectivity index is 2.19. The average Bonchev–Trinajstić information content (AvgIpc) is 2.49. The zero-order valence-corrected chi connectivity index (χ0v) is 12.9. The summed E-state index contributed by atoms with van der Waals surface area (Å²) in [5.41, 5.74) is 2.94. The second-order valence-corrected chi connectivity index (χ2v) is 5.90. The quantitative estimate of drug-likeness (QED) is 0.488. The van der Waals surface area contributed by atoms with Crippen molar-refractivity contribution in [3.8, 4) is 0 Å². The molecule has 0 aliphatic rings. The highest BCUT2D eigenvalue weighted by molar-refractivity contribution is 6.31. The summed E-state index contributed by atoms with van der Waals surface area (Å²) >= 11 is 12.5. The monoisotopic (exact) mass is 318 g/mol. The van der Waals surface area contributed by atoms with Crippen LogP contribution in [0.4, 0.5) is 4.39 Å². The molecule has 0 aromatic heterocycles. The number of fused-ring (bicyclic) bond motifs is 1.